The summed E-state index contributed by atoms with van der Waals surface area (Å²) in [5.41, 5.74) is 0.373. The normalized spacial score (nSPS) is 14.9. The number of carbonyl (C=O) groups is 3. The number of methoxy groups -OCH3 is 1. The number of carbonyl (C=O) groups excluding carboxylic acids is 3. The van der Waals surface area contributed by atoms with Gasteiger partial charge in [0.25, 0.3) is 0 Å². The molecule has 1 saturated heterocycles. The first kappa shape index (κ1) is 24.4. The summed E-state index contributed by atoms with van der Waals surface area (Å²) < 4.78 is 42.3. The van der Waals surface area contributed by atoms with E-state index >= 15 is 0 Å². The van der Waals surface area contributed by atoms with E-state index in [9.17, 15) is 22.8 Å². The molecule has 1 aliphatic heterocycles. The van der Waals surface area contributed by atoms with Crippen molar-refractivity contribution in [3.63, 3.8) is 0 Å². The van der Waals surface area contributed by atoms with E-state index in [4.69, 9.17) is 9.47 Å². The average Bonchev–Trinajstić information content (AvgIpc) is 2.86. The van der Waals surface area contributed by atoms with E-state index in [2.05, 4.69) is 4.74 Å². The van der Waals surface area contributed by atoms with Gasteiger partial charge < -0.3 is 14.2 Å². The number of hydrogen-bond acceptors (Lipinski definition) is 8. The Balaban J connectivity index is 1.49. The number of esters is 3. The van der Waals surface area contributed by atoms with Crippen LogP contribution in [0.3, 0.4) is 0 Å². The van der Waals surface area contributed by atoms with Gasteiger partial charge in [-0.25, -0.2) is 18.0 Å². The standard InChI is InChI=1S/C23H25NO8S/c1-30-23(27)19-9-5-6-10-20(19)33(28,29)24-13-11-18(12-14-24)22(26)32-16-15-31-21(25)17-7-3-2-4-8-17/h2-10,18H,11-16H2,1H3. The molecule has 0 atom stereocenters. The molecule has 1 heterocycles. The second kappa shape index (κ2) is 11.1. The van der Waals surface area contributed by atoms with Gasteiger partial charge >= 0.3 is 17.9 Å². The van der Waals surface area contributed by atoms with Gasteiger partial charge in [-0.3, -0.25) is 4.79 Å². The van der Waals surface area contributed by atoms with Crippen molar-refractivity contribution < 1.29 is 37.0 Å². The van der Waals surface area contributed by atoms with E-state index in [0.29, 0.717) is 5.56 Å². The van der Waals surface area contributed by atoms with Gasteiger partial charge in [-0.15, -0.1) is 0 Å². The Morgan fingerprint density at radius 1 is 0.879 bits per heavy atom. The molecule has 3 rings (SSSR count). The average molecular weight is 476 g/mol. The van der Waals surface area contributed by atoms with Crippen LogP contribution in [0, 0.1) is 5.92 Å². The molecule has 2 aromatic carbocycles. The molecular weight excluding hydrogens is 450 g/mol. The largest absolute Gasteiger partial charge is 0.465 e. The third-order valence-corrected chi connectivity index (χ3v) is 7.22. The lowest BCUT2D eigenvalue weighted by molar-refractivity contribution is -0.150. The predicted octanol–water partition coefficient (Wildman–Crippen LogP) is 2.27. The topological polar surface area (TPSA) is 116 Å². The van der Waals surface area contributed by atoms with Gasteiger partial charge in [0, 0.05) is 13.1 Å². The molecule has 33 heavy (non-hydrogen) atoms. The quantitative estimate of drug-likeness (QED) is 0.324. The molecule has 0 spiro atoms. The summed E-state index contributed by atoms with van der Waals surface area (Å²) in [6, 6.07) is 14.3. The molecule has 2 aromatic rings. The van der Waals surface area contributed by atoms with Gasteiger partial charge in [0.2, 0.25) is 10.0 Å². The number of hydrogen-bond donors (Lipinski definition) is 0. The van der Waals surface area contributed by atoms with Gasteiger partial charge in [-0.1, -0.05) is 30.3 Å². The third-order valence-electron chi connectivity index (χ3n) is 5.27. The maximum Gasteiger partial charge on any atom is 0.339 e. The molecule has 0 N–H and O–H groups in total. The molecule has 176 valence electrons. The molecule has 1 fully saturated rings. The third kappa shape index (κ3) is 5.96. The number of piperidine rings is 1. The Labute approximate surface area is 192 Å². The van der Waals surface area contributed by atoms with Crippen LogP contribution in [0.5, 0.6) is 0 Å². The monoisotopic (exact) mass is 475 g/mol. The van der Waals surface area contributed by atoms with E-state index in [1.165, 1.54) is 29.6 Å². The van der Waals surface area contributed by atoms with Crippen molar-refractivity contribution in [2.24, 2.45) is 5.92 Å². The van der Waals surface area contributed by atoms with E-state index in [1.807, 2.05) is 0 Å². The molecule has 0 amide bonds. The Morgan fingerprint density at radius 3 is 2.15 bits per heavy atom. The Morgan fingerprint density at radius 2 is 1.48 bits per heavy atom. The highest BCUT2D eigenvalue weighted by molar-refractivity contribution is 7.89. The van der Waals surface area contributed by atoms with Crippen molar-refractivity contribution in [1.29, 1.82) is 0 Å². The van der Waals surface area contributed by atoms with Crippen molar-refractivity contribution in [1.82, 2.24) is 4.31 Å². The lowest BCUT2D eigenvalue weighted by Gasteiger charge is -2.30. The first-order valence-corrected chi connectivity index (χ1v) is 11.8. The molecule has 0 radical (unpaired) electrons. The lowest BCUT2D eigenvalue weighted by Crippen LogP contribution is -2.41. The molecule has 0 bridgehead atoms. The SMILES string of the molecule is COC(=O)c1ccccc1S(=O)(=O)N1CCC(C(=O)OCCOC(=O)c2ccccc2)CC1. The fourth-order valence-corrected chi connectivity index (χ4v) is 5.14. The van der Waals surface area contributed by atoms with Crippen LogP contribution in [-0.4, -0.2) is 64.0 Å². The van der Waals surface area contributed by atoms with Crippen molar-refractivity contribution in [2.45, 2.75) is 17.7 Å². The highest BCUT2D eigenvalue weighted by Gasteiger charge is 2.34. The molecule has 10 heteroatoms. The van der Waals surface area contributed by atoms with Gasteiger partial charge in [0.15, 0.2) is 0 Å². The highest BCUT2D eigenvalue weighted by atomic mass is 32.2. The molecule has 1 aliphatic rings. The van der Waals surface area contributed by atoms with Crippen LogP contribution >= 0.6 is 0 Å². The number of benzene rings is 2. The van der Waals surface area contributed by atoms with E-state index in [1.54, 1.807) is 36.4 Å². The molecule has 0 aliphatic carbocycles. The van der Waals surface area contributed by atoms with Crippen molar-refractivity contribution in [3.8, 4) is 0 Å². The summed E-state index contributed by atoms with van der Waals surface area (Å²) in [5.74, 6) is -2.16. The minimum atomic E-state index is -3.93. The zero-order valence-electron chi connectivity index (χ0n) is 18.1. The fourth-order valence-electron chi connectivity index (χ4n) is 3.49. The molecule has 0 saturated carbocycles. The zero-order valence-corrected chi connectivity index (χ0v) is 19.0. The minimum Gasteiger partial charge on any atom is -0.465 e. The molecule has 9 nitrogen and oxygen atoms in total. The van der Waals surface area contributed by atoms with Crippen LogP contribution in [0.25, 0.3) is 0 Å². The van der Waals surface area contributed by atoms with Crippen LogP contribution < -0.4 is 0 Å². The smallest absolute Gasteiger partial charge is 0.339 e. The number of sulfonamides is 1. The van der Waals surface area contributed by atoms with E-state index < -0.39 is 33.8 Å². The number of nitrogens with zero attached hydrogens (tertiary/aromatic N) is 1. The summed E-state index contributed by atoms with van der Waals surface area (Å²) in [7, 11) is -2.74. The molecule has 0 aromatic heterocycles. The summed E-state index contributed by atoms with van der Waals surface area (Å²) in [6.45, 7) is 0.0701. The van der Waals surface area contributed by atoms with Gasteiger partial charge in [-0.2, -0.15) is 4.31 Å². The Kier molecular flexibility index (Phi) is 8.18. The predicted molar refractivity (Wildman–Crippen MR) is 117 cm³/mol. The lowest BCUT2D eigenvalue weighted by atomic mass is 9.98. The second-order valence-electron chi connectivity index (χ2n) is 7.34. The molecule has 0 unspecified atom stereocenters. The van der Waals surface area contributed by atoms with Crippen molar-refractivity contribution in [3.05, 3.63) is 65.7 Å². The van der Waals surface area contributed by atoms with Gasteiger partial charge in [0.05, 0.1) is 29.1 Å². The maximum absolute atomic E-state index is 13.1. The van der Waals surface area contributed by atoms with Gasteiger partial charge in [-0.05, 0) is 37.1 Å². The van der Waals surface area contributed by atoms with Crippen molar-refractivity contribution >= 4 is 27.9 Å². The number of ether oxygens (including phenoxy) is 3. The van der Waals surface area contributed by atoms with Crippen LogP contribution in [0.4, 0.5) is 0 Å². The summed E-state index contributed by atoms with van der Waals surface area (Å²) in [4.78, 5) is 36.0. The number of rotatable bonds is 8. The first-order chi connectivity index (χ1) is 15.8. The maximum atomic E-state index is 13.1. The summed E-state index contributed by atoms with van der Waals surface area (Å²) >= 11 is 0. The highest BCUT2D eigenvalue weighted by Crippen LogP contribution is 2.26. The van der Waals surface area contributed by atoms with E-state index in [0.717, 1.165) is 0 Å². The first-order valence-electron chi connectivity index (χ1n) is 10.4. The van der Waals surface area contributed by atoms with Crippen molar-refractivity contribution in [2.75, 3.05) is 33.4 Å². The zero-order chi connectivity index (χ0) is 23.8. The summed E-state index contributed by atoms with van der Waals surface area (Å²) in [6.07, 6.45) is 0.560. The van der Waals surface area contributed by atoms with Crippen LogP contribution in [0.15, 0.2) is 59.5 Å². The van der Waals surface area contributed by atoms with Crippen LogP contribution in [-0.2, 0) is 29.0 Å². The fraction of sp³-hybridized carbons (Fsp3) is 0.348. The van der Waals surface area contributed by atoms with Crippen LogP contribution in [0.2, 0.25) is 0 Å². The Bertz CT molecular complexity index is 1090. The van der Waals surface area contributed by atoms with E-state index in [-0.39, 0.29) is 49.6 Å². The Hall–Kier alpha value is -3.24. The van der Waals surface area contributed by atoms with Gasteiger partial charge in [0.1, 0.15) is 13.2 Å². The van der Waals surface area contributed by atoms with Crippen LogP contribution in [0.1, 0.15) is 33.6 Å². The second-order valence-corrected chi connectivity index (χ2v) is 9.24. The molecular formula is C23H25NO8S. The summed E-state index contributed by atoms with van der Waals surface area (Å²) in [5, 5.41) is 0. The minimum absolute atomic E-state index is 0.0356.